The summed E-state index contributed by atoms with van der Waals surface area (Å²) in [5.41, 5.74) is 3.35. The first-order chi connectivity index (χ1) is 14.3. The van der Waals surface area contributed by atoms with Gasteiger partial charge in [-0.15, -0.1) is 10.2 Å². The summed E-state index contributed by atoms with van der Waals surface area (Å²) in [6.07, 6.45) is 0.0605. The highest BCUT2D eigenvalue weighted by Crippen LogP contribution is 2.21. The Balaban J connectivity index is 1.55. The van der Waals surface area contributed by atoms with Gasteiger partial charge in [0.15, 0.2) is 5.16 Å². The Morgan fingerprint density at radius 3 is 2.53 bits per heavy atom. The minimum absolute atomic E-state index is 0.0605. The number of anilines is 2. The molecule has 0 aliphatic carbocycles. The van der Waals surface area contributed by atoms with E-state index in [4.69, 9.17) is 11.6 Å². The van der Waals surface area contributed by atoms with Crippen LogP contribution in [-0.4, -0.2) is 32.3 Å². The van der Waals surface area contributed by atoms with Crippen LogP contribution in [0.2, 0.25) is 5.02 Å². The molecule has 156 valence electrons. The second-order valence-electron chi connectivity index (χ2n) is 6.80. The minimum Gasteiger partial charge on any atom is -0.326 e. The number of hydrogen-bond donors (Lipinski definition) is 2. The molecule has 0 saturated heterocycles. The van der Waals surface area contributed by atoms with Gasteiger partial charge in [-0.3, -0.25) is 9.59 Å². The maximum Gasteiger partial charge on any atom is 0.234 e. The smallest absolute Gasteiger partial charge is 0.234 e. The van der Waals surface area contributed by atoms with E-state index in [1.807, 2.05) is 44.2 Å². The maximum absolute atomic E-state index is 12.3. The van der Waals surface area contributed by atoms with Crippen LogP contribution in [0, 0.1) is 13.8 Å². The summed E-state index contributed by atoms with van der Waals surface area (Å²) in [7, 11) is 1.77. The lowest BCUT2D eigenvalue weighted by molar-refractivity contribution is -0.116. The largest absolute Gasteiger partial charge is 0.326 e. The Morgan fingerprint density at radius 1 is 1.03 bits per heavy atom. The highest BCUT2D eigenvalue weighted by molar-refractivity contribution is 7.99. The molecule has 0 unspecified atom stereocenters. The average molecular weight is 444 g/mol. The molecule has 0 aliphatic heterocycles. The number of nitrogens with zero attached hydrogens (tertiary/aromatic N) is 3. The highest BCUT2D eigenvalue weighted by atomic mass is 35.5. The Labute approximate surface area is 184 Å². The summed E-state index contributed by atoms with van der Waals surface area (Å²) in [6, 6.07) is 12.9. The second-order valence-corrected chi connectivity index (χ2v) is 8.15. The minimum atomic E-state index is -0.223. The number of rotatable bonds is 7. The number of benzene rings is 2. The van der Waals surface area contributed by atoms with Crippen molar-refractivity contribution in [2.75, 3.05) is 16.4 Å². The standard InChI is InChI=1S/C21H22ClN5O2S/c1-13-8-9-15(10-16(13)22)23-19(28)11-18-25-26-21(27(18)3)30-12-20(29)24-17-7-5-4-6-14(17)2/h4-10H,11-12H2,1-3H3,(H,23,28)(H,24,29). The zero-order valence-corrected chi connectivity index (χ0v) is 18.5. The summed E-state index contributed by atoms with van der Waals surface area (Å²) in [4.78, 5) is 24.6. The molecule has 9 heteroatoms. The molecule has 0 atom stereocenters. The van der Waals surface area contributed by atoms with E-state index >= 15 is 0 Å². The summed E-state index contributed by atoms with van der Waals surface area (Å²) in [5, 5.41) is 15.0. The van der Waals surface area contributed by atoms with Gasteiger partial charge in [0.1, 0.15) is 5.82 Å². The van der Waals surface area contributed by atoms with Gasteiger partial charge in [0, 0.05) is 23.4 Å². The molecule has 0 spiro atoms. The molecule has 3 rings (SSSR count). The Hall–Kier alpha value is -2.84. The van der Waals surface area contributed by atoms with E-state index in [9.17, 15) is 9.59 Å². The Morgan fingerprint density at radius 2 is 1.80 bits per heavy atom. The third kappa shape index (κ3) is 5.61. The van der Waals surface area contributed by atoms with Crippen molar-refractivity contribution >= 4 is 46.6 Å². The molecule has 0 bridgehead atoms. The van der Waals surface area contributed by atoms with E-state index in [-0.39, 0.29) is 24.0 Å². The molecule has 30 heavy (non-hydrogen) atoms. The monoisotopic (exact) mass is 443 g/mol. The van der Waals surface area contributed by atoms with E-state index in [0.717, 1.165) is 16.8 Å². The fourth-order valence-corrected chi connectivity index (χ4v) is 3.58. The number of para-hydroxylation sites is 1. The molecule has 0 saturated carbocycles. The molecular weight excluding hydrogens is 422 g/mol. The number of amides is 2. The van der Waals surface area contributed by atoms with E-state index < -0.39 is 0 Å². The van der Waals surface area contributed by atoms with Gasteiger partial charge >= 0.3 is 0 Å². The van der Waals surface area contributed by atoms with Gasteiger partial charge < -0.3 is 15.2 Å². The molecule has 0 radical (unpaired) electrons. The molecule has 0 fully saturated rings. The zero-order chi connectivity index (χ0) is 21.7. The molecule has 2 amide bonds. The van der Waals surface area contributed by atoms with Gasteiger partial charge in [-0.2, -0.15) is 0 Å². The number of halogens is 1. The van der Waals surface area contributed by atoms with Crippen molar-refractivity contribution in [2.45, 2.75) is 25.4 Å². The molecule has 7 nitrogen and oxygen atoms in total. The molecule has 1 heterocycles. The average Bonchev–Trinajstić information content (AvgIpc) is 3.04. The number of aryl methyl sites for hydroxylation is 2. The molecule has 3 aromatic rings. The van der Waals surface area contributed by atoms with Crippen LogP contribution in [-0.2, 0) is 23.1 Å². The Kier molecular flexibility index (Phi) is 7.12. The summed E-state index contributed by atoms with van der Waals surface area (Å²) < 4.78 is 1.72. The SMILES string of the molecule is Cc1ccc(NC(=O)Cc2nnc(SCC(=O)Nc3ccccc3C)n2C)cc1Cl. The predicted molar refractivity (Wildman–Crippen MR) is 120 cm³/mol. The fraction of sp³-hybridized carbons (Fsp3) is 0.238. The van der Waals surface area contributed by atoms with Gasteiger partial charge in [0.2, 0.25) is 11.8 Å². The Bertz CT molecular complexity index is 1080. The zero-order valence-electron chi connectivity index (χ0n) is 16.9. The third-order valence-electron chi connectivity index (χ3n) is 4.45. The van der Waals surface area contributed by atoms with Crippen molar-refractivity contribution in [3.8, 4) is 0 Å². The van der Waals surface area contributed by atoms with Crippen LogP contribution in [0.5, 0.6) is 0 Å². The number of aromatic nitrogens is 3. The van der Waals surface area contributed by atoms with E-state index in [2.05, 4.69) is 20.8 Å². The van der Waals surface area contributed by atoms with Crippen LogP contribution in [0.1, 0.15) is 17.0 Å². The fourth-order valence-electron chi connectivity index (χ4n) is 2.67. The van der Waals surface area contributed by atoms with E-state index in [1.165, 1.54) is 11.8 Å². The van der Waals surface area contributed by atoms with Crippen molar-refractivity contribution < 1.29 is 9.59 Å². The van der Waals surface area contributed by atoms with Crippen molar-refractivity contribution in [3.05, 3.63) is 64.4 Å². The quantitative estimate of drug-likeness (QED) is 0.539. The van der Waals surface area contributed by atoms with Crippen molar-refractivity contribution in [1.82, 2.24) is 14.8 Å². The van der Waals surface area contributed by atoms with Crippen LogP contribution in [0.3, 0.4) is 0 Å². The molecule has 1 aromatic heterocycles. The van der Waals surface area contributed by atoms with Gasteiger partial charge in [0.25, 0.3) is 0 Å². The lowest BCUT2D eigenvalue weighted by Gasteiger charge is -2.08. The number of carbonyl (C=O) groups excluding carboxylic acids is 2. The van der Waals surface area contributed by atoms with E-state index in [1.54, 1.807) is 23.7 Å². The number of hydrogen-bond acceptors (Lipinski definition) is 5. The van der Waals surface area contributed by atoms with Crippen LogP contribution in [0.25, 0.3) is 0 Å². The lowest BCUT2D eigenvalue weighted by Crippen LogP contribution is -2.17. The number of thioether (sulfide) groups is 1. The van der Waals surface area contributed by atoms with Crippen molar-refractivity contribution in [3.63, 3.8) is 0 Å². The molecule has 2 N–H and O–H groups in total. The molecular formula is C21H22ClN5O2S. The van der Waals surface area contributed by atoms with Crippen LogP contribution in [0.4, 0.5) is 11.4 Å². The first-order valence-corrected chi connectivity index (χ1v) is 10.6. The van der Waals surface area contributed by atoms with Gasteiger partial charge in [-0.1, -0.05) is 47.6 Å². The first-order valence-electron chi connectivity index (χ1n) is 9.26. The number of carbonyl (C=O) groups is 2. The molecule has 0 aliphatic rings. The van der Waals surface area contributed by atoms with Gasteiger partial charge in [-0.25, -0.2) is 0 Å². The van der Waals surface area contributed by atoms with Crippen LogP contribution in [0.15, 0.2) is 47.6 Å². The van der Waals surface area contributed by atoms with Crippen molar-refractivity contribution in [2.24, 2.45) is 7.05 Å². The third-order valence-corrected chi connectivity index (χ3v) is 5.88. The van der Waals surface area contributed by atoms with Crippen LogP contribution < -0.4 is 10.6 Å². The molecule has 2 aromatic carbocycles. The lowest BCUT2D eigenvalue weighted by atomic mass is 10.2. The van der Waals surface area contributed by atoms with Gasteiger partial charge in [-0.05, 0) is 43.2 Å². The van der Waals surface area contributed by atoms with E-state index in [0.29, 0.717) is 21.7 Å². The summed E-state index contributed by atoms with van der Waals surface area (Å²) in [5.74, 6) is 0.341. The van der Waals surface area contributed by atoms with Gasteiger partial charge in [0.05, 0.1) is 12.2 Å². The predicted octanol–water partition coefficient (Wildman–Crippen LogP) is 4.00. The normalized spacial score (nSPS) is 10.7. The van der Waals surface area contributed by atoms with Crippen LogP contribution >= 0.6 is 23.4 Å². The maximum atomic E-state index is 12.3. The highest BCUT2D eigenvalue weighted by Gasteiger charge is 2.15. The summed E-state index contributed by atoms with van der Waals surface area (Å²) >= 11 is 7.36. The first kappa shape index (κ1) is 21.9. The van der Waals surface area contributed by atoms with Crippen molar-refractivity contribution in [1.29, 1.82) is 0 Å². The second kappa shape index (κ2) is 9.77. The number of nitrogens with one attached hydrogen (secondary N) is 2. The summed E-state index contributed by atoms with van der Waals surface area (Å²) in [6.45, 7) is 3.83. The topological polar surface area (TPSA) is 88.9 Å².